The highest BCUT2D eigenvalue weighted by atomic mass is 32.1. The average molecular weight is 263 g/mol. The van der Waals surface area contributed by atoms with Gasteiger partial charge in [0.1, 0.15) is 0 Å². The number of carbonyl (C=O) groups is 1. The summed E-state index contributed by atoms with van der Waals surface area (Å²) >= 11 is 4.23. The second kappa shape index (κ2) is 5.35. The molecule has 18 heavy (non-hydrogen) atoms. The Labute approximate surface area is 115 Å². The van der Waals surface area contributed by atoms with E-state index in [2.05, 4.69) is 31.8 Å². The molecular formula is C15H21NOS. The van der Waals surface area contributed by atoms with Gasteiger partial charge in [0.05, 0.1) is 6.42 Å². The standard InChI is InChI=1S/C15H21NOS/c1-15(2)8-7-12(10-15)16-14(17)9-11-3-5-13(18)6-4-11/h3-6,12,18H,7-10H2,1-2H3,(H,16,17). The quantitative estimate of drug-likeness (QED) is 0.806. The van der Waals surface area contributed by atoms with Crippen LogP contribution in [-0.4, -0.2) is 11.9 Å². The van der Waals surface area contributed by atoms with Crippen molar-refractivity contribution in [3.63, 3.8) is 0 Å². The van der Waals surface area contributed by atoms with Crippen molar-refractivity contribution < 1.29 is 4.79 Å². The first-order valence-electron chi connectivity index (χ1n) is 6.52. The maximum Gasteiger partial charge on any atom is 0.224 e. The molecule has 1 aromatic carbocycles. The summed E-state index contributed by atoms with van der Waals surface area (Å²) in [6, 6.07) is 8.12. The number of amides is 1. The Morgan fingerprint density at radius 2 is 2.06 bits per heavy atom. The molecule has 1 N–H and O–H groups in total. The van der Waals surface area contributed by atoms with Crippen LogP contribution in [-0.2, 0) is 11.2 Å². The lowest BCUT2D eigenvalue weighted by Gasteiger charge is -2.17. The molecule has 2 rings (SSSR count). The molecule has 1 aliphatic rings. The van der Waals surface area contributed by atoms with Crippen LogP contribution in [0.5, 0.6) is 0 Å². The maximum absolute atomic E-state index is 11.9. The summed E-state index contributed by atoms with van der Waals surface area (Å²) in [6.45, 7) is 4.54. The average Bonchev–Trinajstić information content (AvgIpc) is 2.61. The molecule has 1 atom stereocenters. The van der Waals surface area contributed by atoms with Crippen LogP contribution in [0, 0.1) is 5.41 Å². The number of carbonyl (C=O) groups excluding carboxylic acids is 1. The van der Waals surface area contributed by atoms with Crippen LogP contribution in [0.4, 0.5) is 0 Å². The normalized spacial score (nSPS) is 21.8. The first-order chi connectivity index (χ1) is 8.44. The Morgan fingerprint density at radius 3 is 2.61 bits per heavy atom. The van der Waals surface area contributed by atoms with Gasteiger partial charge in [-0.3, -0.25) is 4.79 Å². The minimum atomic E-state index is 0.129. The van der Waals surface area contributed by atoms with E-state index < -0.39 is 0 Å². The highest BCUT2D eigenvalue weighted by Crippen LogP contribution is 2.36. The van der Waals surface area contributed by atoms with Gasteiger partial charge in [-0.2, -0.15) is 0 Å². The number of benzene rings is 1. The van der Waals surface area contributed by atoms with Crippen LogP contribution in [0.1, 0.15) is 38.7 Å². The Hall–Kier alpha value is -0.960. The second-order valence-corrected chi connectivity index (χ2v) is 6.53. The van der Waals surface area contributed by atoms with Gasteiger partial charge >= 0.3 is 0 Å². The fourth-order valence-electron chi connectivity index (χ4n) is 2.64. The number of hydrogen-bond donors (Lipinski definition) is 2. The van der Waals surface area contributed by atoms with Crippen LogP contribution < -0.4 is 5.32 Å². The molecule has 3 heteroatoms. The molecule has 98 valence electrons. The SMILES string of the molecule is CC1(C)CCC(NC(=O)Cc2ccc(S)cc2)C1. The van der Waals surface area contributed by atoms with Gasteiger partial charge in [0.15, 0.2) is 0 Å². The summed E-state index contributed by atoms with van der Waals surface area (Å²) in [6.07, 6.45) is 3.86. The highest BCUT2D eigenvalue weighted by Gasteiger charge is 2.31. The Bertz CT molecular complexity index is 425. The largest absolute Gasteiger partial charge is 0.353 e. The topological polar surface area (TPSA) is 29.1 Å². The van der Waals surface area contributed by atoms with Crippen LogP contribution >= 0.6 is 12.6 Å². The van der Waals surface area contributed by atoms with Gasteiger partial charge in [-0.25, -0.2) is 0 Å². The lowest BCUT2D eigenvalue weighted by Crippen LogP contribution is -2.34. The van der Waals surface area contributed by atoms with Crippen LogP contribution in [0.25, 0.3) is 0 Å². The Morgan fingerprint density at radius 1 is 1.39 bits per heavy atom. The molecule has 0 radical (unpaired) electrons. The van der Waals surface area contributed by atoms with E-state index >= 15 is 0 Å². The Kier molecular flexibility index (Phi) is 4.00. The fraction of sp³-hybridized carbons (Fsp3) is 0.533. The van der Waals surface area contributed by atoms with Gasteiger partial charge in [-0.15, -0.1) is 12.6 Å². The van der Waals surface area contributed by atoms with E-state index in [1.165, 1.54) is 6.42 Å². The molecule has 0 bridgehead atoms. The van der Waals surface area contributed by atoms with E-state index in [4.69, 9.17) is 0 Å². The fourth-order valence-corrected chi connectivity index (χ4v) is 2.79. The zero-order valence-corrected chi connectivity index (χ0v) is 12.0. The minimum Gasteiger partial charge on any atom is -0.353 e. The predicted octanol–water partition coefficient (Wildman–Crippen LogP) is 3.21. The number of rotatable bonds is 3. The van der Waals surface area contributed by atoms with E-state index in [1.54, 1.807) is 0 Å². The minimum absolute atomic E-state index is 0.129. The summed E-state index contributed by atoms with van der Waals surface area (Å²) in [5, 5.41) is 3.14. The van der Waals surface area contributed by atoms with Crippen LogP contribution in [0.2, 0.25) is 0 Å². The third kappa shape index (κ3) is 3.77. The summed E-state index contributed by atoms with van der Waals surface area (Å²) < 4.78 is 0. The highest BCUT2D eigenvalue weighted by molar-refractivity contribution is 7.80. The summed E-state index contributed by atoms with van der Waals surface area (Å²) in [5.74, 6) is 0.129. The molecule has 1 fully saturated rings. The molecule has 0 heterocycles. The monoisotopic (exact) mass is 263 g/mol. The molecule has 0 saturated heterocycles. The molecular weight excluding hydrogens is 242 g/mol. The third-order valence-corrected chi connectivity index (χ3v) is 3.93. The van der Waals surface area contributed by atoms with E-state index in [1.807, 2.05) is 24.3 Å². The molecule has 1 aromatic rings. The zero-order chi connectivity index (χ0) is 13.2. The lowest BCUT2D eigenvalue weighted by atomic mass is 9.92. The van der Waals surface area contributed by atoms with Crippen molar-refractivity contribution in [3.05, 3.63) is 29.8 Å². The summed E-state index contributed by atoms with van der Waals surface area (Å²) in [7, 11) is 0. The molecule has 1 aliphatic carbocycles. The first kappa shape index (κ1) is 13.5. The van der Waals surface area contributed by atoms with Gasteiger partial charge < -0.3 is 5.32 Å². The van der Waals surface area contributed by atoms with Crippen molar-refractivity contribution in [1.82, 2.24) is 5.32 Å². The van der Waals surface area contributed by atoms with Crippen molar-refractivity contribution in [2.45, 2.75) is 50.5 Å². The van der Waals surface area contributed by atoms with Gasteiger partial charge in [-0.05, 0) is 42.4 Å². The predicted molar refractivity (Wildman–Crippen MR) is 77.0 cm³/mol. The number of nitrogens with one attached hydrogen (secondary N) is 1. The van der Waals surface area contributed by atoms with E-state index in [-0.39, 0.29) is 5.91 Å². The van der Waals surface area contributed by atoms with Crippen LogP contribution in [0.15, 0.2) is 29.2 Å². The molecule has 2 nitrogen and oxygen atoms in total. The van der Waals surface area contributed by atoms with Gasteiger partial charge in [0.25, 0.3) is 0 Å². The first-order valence-corrected chi connectivity index (χ1v) is 6.97. The van der Waals surface area contributed by atoms with Gasteiger partial charge in [0, 0.05) is 10.9 Å². The van der Waals surface area contributed by atoms with Crippen molar-refractivity contribution in [3.8, 4) is 0 Å². The zero-order valence-electron chi connectivity index (χ0n) is 11.1. The summed E-state index contributed by atoms with van der Waals surface area (Å²) in [4.78, 5) is 12.9. The van der Waals surface area contributed by atoms with Gasteiger partial charge in [0.2, 0.25) is 5.91 Å². The number of hydrogen-bond acceptors (Lipinski definition) is 2. The van der Waals surface area contributed by atoms with Gasteiger partial charge in [-0.1, -0.05) is 26.0 Å². The molecule has 1 amide bonds. The van der Waals surface area contributed by atoms with Crippen molar-refractivity contribution in [2.75, 3.05) is 0 Å². The maximum atomic E-state index is 11.9. The Balaban J connectivity index is 1.84. The third-order valence-electron chi connectivity index (χ3n) is 3.63. The molecule has 0 spiro atoms. The van der Waals surface area contributed by atoms with E-state index in [0.717, 1.165) is 23.3 Å². The second-order valence-electron chi connectivity index (χ2n) is 6.01. The molecule has 1 unspecified atom stereocenters. The lowest BCUT2D eigenvalue weighted by molar-refractivity contribution is -0.121. The van der Waals surface area contributed by atoms with E-state index in [0.29, 0.717) is 17.9 Å². The smallest absolute Gasteiger partial charge is 0.224 e. The van der Waals surface area contributed by atoms with Crippen molar-refractivity contribution in [1.29, 1.82) is 0 Å². The van der Waals surface area contributed by atoms with Crippen molar-refractivity contribution in [2.24, 2.45) is 5.41 Å². The molecule has 1 saturated carbocycles. The summed E-state index contributed by atoms with van der Waals surface area (Å²) in [5.41, 5.74) is 1.42. The van der Waals surface area contributed by atoms with Crippen LogP contribution in [0.3, 0.4) is 0 Å². The number of thiol groups is 1. The van der Waals surface area contributed by atoms with Crippen molar-refractivity contribution >= 4 is 18.5 Å². The molecule has 0 aromatic heterocycles. The van der Waals surface area contributed by atoms with E-state index in [9.17, 15) is 4.79 Å². The molecule has 0 aliphatic heterocycles.